The van der Waals surface area contributed by atoms with E-state index in [9.17, 15) is 0 Å². The third-order valence-corrected chi connectivity index (χ3v) is 4.02. The molecule has 0 aliphatic rings. The second-order valence-electron chi connectivity index (χ2n) is 5.69. The highest BCUT2D eigenvalue weighted by Crippen LogP contribution is 2.12. The number of aromatic nitrogens is 2. The molecular formula is C19H20N4S. The van der Waals surface area contributed by atoms with Gasteiger partial charge in [-0.25, -0.2) is 4.98 Å². The van der Waals surface area contributed by atoms with Crippen LogP contribution in [0.15, 0.2) is 60.9 Å². The van der Waals surface area contributed by atoms with E-state index in [-0.39, 0.29) is 0 Å². The molecule has 2 aromatic carbocycles. The van der Waals surface area contributed by atoms with Gasteiger partial charge in [0.05, 0.1) is 0 Å². The summed E-state index contributed by atoms with van der Waals surface area (Å²) in [5.41, 5.74) is 4.48. The van der Waals surface area contributed by atoms with Crippen molar-refractivity contribution >= 4 is 23.0 Å². The lowest BCUT2D eigenvalue weighted by molar-refractivity contribution is 0.920. The third-order valence-electron chi connectivity index (χ3n) is 3.77. The van der Waals surface area contributed by atoms with Crippen LogP contribution >= 0.6 is 12.2 Å². The summed E-state index contributed by atoms with van der Waals surface area (Å²) in [5.74, 6) is 0.976. The predicted molar refractivity (Wildman–Crippen MR) is 103 cm³/mol. The van der Waals surface area contributed by atoms with Crippen LogP contribution in [-0.2, 0) is 6.54 Å². The maximum absolute atomic E-state index is 5.35. The molecule has 1 aromatic heterocycles. The summed E-state index contributed by atoms with van der Waals surface area (Å²) in [5, 5.41) is 7.06. The van der Waals surface area contributed by atoms with E-state index in [2.05, 4.69) is 63.5 Å². The standard InChI is InChI=1S/C19H20N4S/c1-14-4-3-5-17(12-14)22-19(24)21-13-16-6-8-18(9-7-16)23-11-10-20-15(23)2/h3-12H,13H2,1-2H3,(H2,21,22,24). The quantitative estimate of drug-likeness (QED) is 0.707. The highest BCUT2D eigenvalue weighted by atomic mass is 32.1. The molecule has 0 radical (unpaired) electrons. The van der Waals surface area contributed by atoms with Gasteiger partial charge in [-0.05, 0) is 61.5 Å². The minimum atomic E-state index is 0.620. The SMILES string of the molecule is Cc1cccc(NC(=S)NCc2ccc(-n3ccnc3C)cc2)c1. The number of hydrogen-bond acceptors (Lipinski definition) is 2. The molecule has 0 aliphatic carbocycles. The lowest BCUT2D eigenvalue weighted by Crippen LogP contribution is -2.27. The number of nitrogens with one attached hydrogen (secondary N) is 2. The maximum atomic E-state index is 5.35. The van der Waals surface area contributed by atoms with Crippen LogP contribution in [0.3, 0.4) is 0 Å². The van der Waals surface area contributed by atoms with Gasteiger partial charge in [-0.3, -0.25) is 0 Å². The Bertz CT molecular complexity index is 837. The molecule has 0 fully saturated rings. The number of thiocarbonyl (C=S) groups is 1. The first-order valence-electron chi connectivity index (χ1n) is 7.82. The molecule has 4 nitrogen and oxygen atoms in total. The Morgan fingerprint density at radius 2 is 1.92 bits per heavy atom. The zero-order valence-electron chi connectivity index (χ0n) is 13.8. The second-order valence-corrected chi connectivity index (χ2v) is 6.10. The summed E-state index contributed by atoms with van der Waals surface area (Å²) in [7, 11) is 0. The predicted octanol–water partition coefficient (Wildman–Crippen LogP) is 3.98. The van der Waals surface area contributed by atoms with Crippen LogP contribution in [0.4, 0.5) is 5.69 Å². The molecule has 0 unspecified atom stereocenters. The van der Waals surface area contributed by atoms with Crippen molar-refractivity contribution in [3.63, 3.8) is 0 Å². The molecule has 122 valence electrons. The highest BCUT2D eigenvalue weighted by Gasteiger charge is 2.02. The summed E-state index contributed by atoms with van der Waals surface area (Å²) >= 11 is 5.35. The number of aryl methyl sites for hydroxylation is 2. The fourth-order valence-electron chi connectivity index (χ4n) is 2.51. The Balaban J connectivity index is 1.57. The first-order chi connectivity index (χ1) is 11.6. The molecule has 3 rings (SSSR count). The van der Waals surface area contributed by atoms with Gasteiger partial charge in [0.15, 0.2) is 5.11 Å². The van der Waals surface area contributed by atoms with Gasteiger partial charge in [-0.1, -0.05) is 24.3 Å². The van der Waals surface area contributed by atoms with Gasteiger partial charge < -0.3 is 15.2 Å². The molecule has 0 bridgehead atoms. The molecule has 1 heterocycles. The van der Waals surface area contributed by atoms with E-state index in [4.69, 9.17) is 12.2 Å². The number of imidazole rings is 1. The minimum Gasteiger partial charge on any atom is -0.358 e. The Morgan fingerprint density at radius 1 is 1.12 bits per heavy atom. The number of benzene rings is 2. The van der Waals surface area contributed by atoms with Crippen LogP contribution in [0.1, 0.15) is 17.0 Å². The monoisotopic (exact) mass is 336 g/mol. The molecule has 5 heteroatoms. The van der Waals surface area contributed by atoms with E-state index >= 15 is 0 Å². The Kier molecular flexibility index (Phi) is 4.91. The van der Waals surface area contributed by atoms with E-state index in [1.54, 1.807) is 6.20 Å². The molecule has 0 saturated carbocycles. The van der Waals surface area contributed by atoms with Crippen LogP contribution < -0.4 is 10.6 Å². The van der Waals surface area contributed by atoms with Crippen molar-refractivity contribution in [2.24, 2.45) is 0 Å². The van der Waals surface area contributed by atoms with E-state index in [0.717, 1.165) is 17.2 Å². The van der Waals surface area contributed by atoms with Crippen LogP contribution in [0, 0.1) is 13.8 Å². The average molecular weight is 336 g/mol. The number of anilines is 1. The van der Waals surface area contributed by atoms with E-state index in [1.807, 2.05) is 25.3 Å². The summed E-state index contributed by atoms with van der Waals surface area (Å²) in [6, 6.07) is 16.5. The van der Waals surface area contributed by atoms with Crippen molar-refractivity contribution in [1.29, 1.82) is 0 Å². The molecule has 3 aromatic rings. The molecule has 0 aliphatic heterocycles. The molecular weight excluding hydrogens is 316 g/mol. The third kappa shape index (κ3) is 4.00. The van der Waals surface area contributed by atoms with Gasteiger partial charge in [0.1, 0.15) is 5.82 Å². The molecule has 2 N–H and O–H groups in total. The van der Waals surface area contributed by atoms with E-state index in [0.29, 0.717) is 11.7 Å². The van der Waals surface area contributed by atoms with Gasteiger partial charge in [-0.15, -0.1) is 0 Å². The highest BCUT2D eigenvalue weighted by molar-refractivity contribution is 7.80. The largest absolute Gasteiger partial charge is 0.358 e. The van der Waals surface area contributed by atoms with Crippen molar-refractivity contribution in [1.82, 2.24) is 14.9 Å². The lowest BCUT2D eigenvalue weighted by atomic mass is 10.2. The molecule has 24 heavy (non-hydrogen) atoms. The van der Waals surface area contributed by atoms with E-state index < -0.39 is 0 Å². The topological polar surface area (TPSA) is 41.9 Å². The minimum absolute atomic E-state index is 0.620. The number of hydrogen-bond donors (Lipinski definition) is 2. The number of rotatable bonds is 4. The van der Waals surface area contributed by atoms with Crippen LogP contribution in [-0.4, -0.2) is 14.7 Å². The van der Waals surface area contributed by atoms with Gasteiger partial charge in [0, 0.05) is 30.3 Å². The Hall–Kier alpha value is -2.66. The first kappa shape index (κ1) is 16.2. The van der Waals surface area contributed by atoms with Crippen molar-refractivity contribution in [2.45, 2.75) is 20.4 Å². The van der Waals surface area contributed by atoms with Crippen LogP contribution in [0.25, 0.3) is 5.69 Å². The summed E-state index contributed by atoms with van der Waals surface area (Å²) < 4.78 is 2.06. The molecule has 0 saturated heterocycles. The van der Waals surface area contributed by atoms with Crippen molar-refractivity contribution in [3.8, 4) is 5.69 Å². The molecule has 0 spiro atoms. The van der Waals surface area contributed by atoms with E-state index in [1.165, 1.54) is 11.1 Å². The van der Waals surface area contributed by atoms with Crippen molar-refractivity contribution < 1.29 is 0 Å². The van der Waals surface area contributed by atoms with Gasteiger partial charge in [-0.2, -0.15) is 0 Å². The summed E-state index contributed by atoms with van der Waals surface area (Å²) in [6.45, 7) is 4.73. The lowest BCUT2D eigenvalue weighted by Gasteiger charge is -2.12. The summed E-state index contributed by atoms with van der Waals surface area (Å²) in [4.78, 5) is 4.25. The van der Waals surface area contributed by atoms with Crippen LogP contribution in [0.2, 0.25) is 0 Å². The fourth-order valence-corrected chi connectivity index (χ4v) is 2.70. The van der Waals surface area contributed by atoms with Gasteiger partial charge in [0.25, 0.3) is 0 Å². The van der Waals surface area contributed by atoms with Gasteiger partial charge in [0.2, 0.25) is 0 Å². The molecule has 0 atom stereocenters. The normalized spacial score (nSPS) is 10.4. The van der Waals surface area contributed by atoms with Crippen molar-refractivity contribution in [3.05, 3.63) is 77.9 Å². The fraction of sp³-hybridized carbons (Fsp3) is 0.158. The smallest absolute Gasteiger partial charge is 0.171 e. The Morgan fingerprint density at radius 3 is 2.58 bits per heavy atom. The number of nitrogens with zero attached hydrogens (tertiary/aromatic N) is 2. The second kappa shape index (κ2) is 7.27. The molecule has 0 amide bonds. The van der Waals surface area contributed by atoms with Crippen LogP contribution in [0.5, 0.6) is 0 Å². The zero-order valence-corrected chi connectivity index (χ0v) is 14.6. The maximum Gasteiger partial charge on any atom is 0.171 e. The Labute approximate surface area is 147 Å². The van der Waals surface area contributed by atoms with Crippen molar-refractivity contribution in [2.75, 3.05) is 5.32 Å². The van der Waals surface area contributed by atoms with Gasteiger partial charge >= 0.3 is 0 Å². The zero-order chi connectivity index (χ0) is 16.9. The first-order valence-corrected chi connectivity index (χ1v) is 8.23. The summed E-state index contributed by atoms with van der Waals surface area (Å²) in [6.07, 6.45) is 3.77. The average Bonchev–Trinajstić information content (AvgIpc) is 2.99.